The van der Waals surface area contributed by atoms with Crippen LogP contribution in [0.1, 0.15) is 46.4 Å². The monoisotopic (exact) mass is 283 g/mol. The first kappa shape index (κ1) is 14.5. The zero-order chi connectivity index (χ0) is 14.0. The molecule has 0 amide bonds. The SMILES string of the molecule is CCOC1CC(Nc2cc(Cl)nc(C(C)(C)C)n2)C1. The average Bonchev–Trinajstić information content (AvgIpc) is 2.24. The van der Waals surface area contributed by atoms with Gasteiger partial charge in [-0.25, -0.2) is 9.97 Å². The molecule has 106 valence electrons. The van der Waals surface area contributed by atoms with Gasteiger partial charge in [0.1, 0.15) is 16.8 Å². The normalized spacial score (nSPS) is 23.0. The zero-order valence-electron chi connectivity index (χ0n) is 12.0. The first-order valence-electron chi connectivity index (χ1n) is 6.81. The van der Waals surface area contributed by atoms with Crippen LogP contribution < -0.4 is 5.32 Å². The van der Waals surface area contributed by atoms with Gasteiger partial charge in [0.2, 0.25) is 0 Å². The van der Waals surface area contributed by atoms with E-state index in [4.69, 9.17) is 16.3 Å². The molecule has 0 spiro atoms. The molecule has 0 unspecified atom stereocenters. The molecule has 1 aromatic heterocycles. The molecule has 4 nitrogen and oxygen atoms in total. The van der Waals surface area contributed by atoms with E-state index in [1.165, 1.54) is 0 Å². The Hall–Kier alpha value is -0.870. The first-order valence-corrected chi connectivity index (χ1v) is 7.19. The minimum absolute atomic E-state index is 0.102. The van der Waals surface area contributed by atoms with Gasteiger partial charge in [0.25, 0.3) is 0 Å². The third-order valence-electron chi connectivity index (χ3n) is 3.21. The van der Waals surface area contributed by atoms with Gasteiger partial charge in [-0.3, -0.25) is 0 Å². The second kappa shape index (κ2) is 5.63. The summed E-state index contributed by atoms with van der Waals surface area (Å²) in [5.74, 6) is 1.58. The summed E-state index contributed by atoms with van der Waals surface area (Å²) < 4.78 is 5.55. The van der Waals surface area contributed by atoms with E-state index in [1.807, 2.05) is 6.92 Å². The van der Waals surface area contributed by atoms with Crippen molar-refractivity contribution in [2.24, 2.45) is 0 Å². The first-order chi connectivity index (χ1) is 8.88. The van der Waals surface area contributed by atoms with Crippen LogP contribution in [-0.2, 0) is 10.2 Å². The van der Waals surface area contributed by atoms with E-state index in [9.17, 15) is 0 Å². The molecular formula is C14H22ClN3O. The second-order valence-electron chi connectivity index (χ2n) is 6.04. The molecular weight excluding hydrogens is 262 g/mol. The Morgan fingerprint density at radius 3 is 2.63 bits per heavy atom. The highest BCUT2D eigenvalue weighted by molar-refractivity contribution is 6.29. The highest BCUT2D eigenvalue weighted by Gasteiger charge is 2.30. The summed E-state index contributed by atoms with van der Waals surface area (Å²) >= 11 is 6.06. The fourth-order valence-electron chi connectivity index (χ4n) is 2.09. The number of hydrogen-bond donors (Lipinski definition) is 1. The fraction of sp³-hybridized carbons (Fsp3) is 0.714. The number of anilines is 1. The van der Waals surface area contributed by atoms with E-state index in [-0.39, 0.29) is 5.41 Å². The maximum atomic E-state index is 6.06. The van der Waals surface area contributed by atoms with E-state index in [0.717, 1.165) is 31.1 Å². The average molecular weight is 284 g/mol. The molecule has 5 heteroatoms. The third kappa shape index (κ3) is 3.80. The molecule has 0 saturated heterocycles. The summed E-state index contributed by atoms with van der Waals surface area (Å²) in [6.07, 6.45) is 2.45. The summed E-state index contributed by atoms with van der Waals surface area (Å²) in [7, 11) is 0. The van der Waals surface area contributed by atoms with Crippen LogP contribution in [0.15, 0.2) is 6.07 Å². The van der Waals surface area contributed by atoms with Crippen LogP contribution in [0.4, 0.5) is 5.82 Å². The predicted octanol–water partition coefficient (Wildman–Crippen LogP) is 3.41. The molecule has 0 aromatic carbocycles. The molecule has 1 heterocycles. The number of nitrogens with one attached hydrogen (secondary N) is 1. The molecule has 1 aromatic rings. The van der Waals surface area contributed by atoms with Crippen LogP contribution in [0, 0.1) is 0 Å². The molecule has 1 fully saturated rings. The Bertz CT molecular complexity index is 439. The van der Waals surface area contributed by atoms with Crippen molar-refractivity contribution in [2.75, 3.05) is 11.9 Å². The number of hydrogen-bond acceptors (Lipinski definition) is 4. The maximum Gasteiger partial charge on any atom is 0.137 e. The lowest BCUT2D eigenvalue weighted by molar-refractivity contribution is 0.00292. The Morgan fingerprint density at radius 1 is 1.37 bits per heavy atom. The van der Waals surface area contributed by atoms with Crippen LogP contribution >= 0.6 is 11.6 Å². The van der Waals surface area contributed by atoms with E-state index >= 15 is 0 Å². The van der Waals surface area contributed by atoms with Crippen LogP contribution in [0.2, 0.25) is 5.15 Å². The van der Waals surface area contributed by atoms with Crippen molar-refractivity contribution in [2.45, 2.75) is 58.1 Å². The number of rotatable bonds is 4. The Morgan fingerprint density at radius 2 is 2.05 bits per heavy atom. The topological polar surface area (TPSA) is 47.0 Å². The van der Waals surface area contributed by atoms with Gasteiger partial charge in [-0.1, -0.05) is 32.4 Å². The predicted molar refractivity (Wildman–Crippen MR) is 77.8 cm³/mol. The lowest BCUT2D eigenvalue weighted by Gasteiger charge is -2.35. The molecule has 1 N–H and O–H groups in total. The van der Waals surface area contributed by atoms with Crippen LogP contribution in [0.25, 0.3) is 0 Å². The lowest BCUT2D eigenvalue weighted by atomic mass is 9.89. The van der Waals surface area contributed by atoms with Crippen molar-refractivity contribution in [1.29, 1.82) is 0 Å². The largest absolute Gasteiger partial charge is 0.378 e. The molecule has 0 radical (unpaired) electrons. The van der Waals surface area contributed by atoms with Crippen molar-refractivity contribution < 1.29 is 4.74 Å². The highest BCUT2D eigenvalue weighted by Crippen LogP contribution is 2.28. The third-order valence-corrected chi connectivity index (χ3v) is 3.41. The van der Waals surface area contributed by atoms with Crippen molar-refractivity contribution in [3.05, 3.63) is 17.0 Å². The molecule has 0 aliphatic heterocycles. The van der Waals surface area contributed by atoms with Crippen molar-refractivity contribution in [3.8, 4) is 0 Å². The minimum atomic E-state index is -0.102. The standard InChI is InChI=1S/C14H22ClN3O/c1-5-19-10-6-9(7-10)16-12-8-11(15)17-13(18-12)14(2,3)4/h8-10H,5-7H2,1-4H3,(H,16,17,18). The molecule has 19 heavy (non-hydrogen) atoms. The van der Waals surface area contributed by atoms with Gasteiger partial charge >= 0.3 is 0 Å². The second-order valence-corrected chi connectivity index (χ2v) is 6.43. The molecule has 1 aliphatic carbocycles. The van der Waals surface area contributed by atoms with Crippen LogP contribution in [0.5, 0.6) is 0 Å². The molecule has 0 atom stereocenters. The van der Waals surface area contributed by atoms with Gasteiger partial charge < -0.3 is 10.1 Å². The number of halogens is 1. The van der Waals surface area contributed by atoms with Crippen LogP contribution in [-0.4, -0.2) is 28.7 Å². The Kier molecular flexibility index (Phi) is 4.31. The van der Waals surface area contributed by atoms with Gasteiger partial charge in [-0.05, 0) is 19.8 Å². The summed E-state index contributed by atoms with van der Waals surface area (Å²) in [5, 5.41) is 3.89. The maximum absolute atomic E-state index is 6.06. The summed E-state index contributed by atoms with van der Waals surface area (Å²) in [5.41, 5.74) is -0.102. The number of ether oxygens (including phenoxy) is 1. The molecule has 1 aliphatic rings. The minimum Gasteiger partial charge on any atom is -0.378 e. The van der Waals surface area contributed by atoms with E-state index in [1.54, 1.807) is 6.07 Å². The van der Waals surface area contributed by atoms with Gasteiger partial charge in [0.05, 0.1) is 6.10 Å². The highest BCUT2D eigenvalue weighted by atomic mass is 35.5. The summed E-state index contributed by atoms with van der Waals surface area (Å²) in [6.45, 7) is 9.05. The molecule has 1 saturated carbocycles. The quantitative estimate of drug-likeness (QED) is 0.860. The summed E-state index contributed by atoms with van der Waals surface area (Å²) in [6, 6.07) is 2.21. The van der Waals surface area contributed by atoms with Gasteiger partial charge in [-0.2, -0.15) is 0 Å². The van der Waals surface area contributed by atoms with Gasteiger partial charge in [0.15, 0.2) is 0 Å². The lowest BCUT2D eigenvalue weighted by Crippen LogP contribution is -2.41. The van der Waals surface area contributed by atoms with Crippen molar-refractivity contribution in [3.63, 3.8) is 0 Å². The zero-order valence-corrected chi connectivity index (χ0v) is 12.8. The summed E-state index contributed by atoms with van der Waals surface area (Å²) in [4.78, 5) is 8.84. The molecule has 2 rings (SSSR count). The van der Waals surface area contributed by atoms with E-state index in [0.29, 0.717) is 17.3 Å². The number of nitrogens with zero attached hydrogens (tertiary/aromatic N) is 2. The smallest absolute Gasteiger partial charge is 0.137 e. The fourth-order valence-corrected chi connectivity index (χ4v) is 2.27. The van der Waals surface area contributed by atoms with Crippen molar-refractivity contribution >= 4 is 17.4 Å². The van der Waals surface area contributed by atoms with Gasteiger partial charge in [-0.15, -0.1) is 0 Å². The van der Waals surface area contributed by atoms with E-state index in [2.05, 4.69) is 36.1 Å². The number of aromatic nitrogens is 2. The Labute approximate surface area is 119 Å². The van der Waals surface area contributed by atoms with Gasteiger partial charge in [0, 0.05) is 24.1 Å². The molecule has 0 bridgehead atoms. The van der Waals surface area contributed by atoms with Crippen molar-refractivity contribution in [1.82, 2.24) is 9.97 Å². The van der Waals surface area contributed by atoms with Crippen LogP contribution in [0.3, 0.4) is 0 Å². The van der Waals surface area contributed by atoms with E-state index < -0.39 is 0 Å². The Balaban J connectivity index is 2.00.